The van der Waals surface area contributed by atoms with Gasteiger partial charge in [-0.25, -0.2) is 8.78 Å². The molecular formula is C15H13Cl2F2NO. The first-order valence-corrected chi connectivity index (χ1v) is 6.92. The molecule has 0 aliphatic carbocycles. The monoisotopic (exact) mass is 331 g/mol. The fourth-order valence-corrected chi connectivity index (χ4v) is 2.50. The highest BCUT2D eigenvalue weighted by Gasteiger charge is 2.14. The van der Waals surface area contributed by atoms with Crippen molar-refractivity contribution in [2.24, 2.45) is 0 Å². The van der Waals surface area contributed by atoms with E-state index >= 15 is 0 Å². The van der Waals surface area contributed by atoms with Gasteiger partial charge < -0.3 is 10.1 Å². The zero-order valence-corrected chi connectivity index (χ0v) is 12.9. The van der Waals surface area contributed by atoms with Crippen LogP contribution in [0.2, 0.25) is 10.0 Å². The Hall–Kier alpha value is -1.52. The summed E-state index contributed by atoms with van der Waals surface area (Å²) in [4.78, 5) is 0. The fraction of sp³-hybridized carbons (Fsp3) is 0.200. The molecular weight excluding hydrogens is 319 g/mol. The molecule has 0 bridgehead atoms. The van der Waals surface area contributed by atoms with Crippen molar-refractivity contribution >= 4 is 28.9 Å². The molecule has 0 saturated carbocycles. The van der Waals surface area contributed by atoms with Crippen LogP contribution in [0, 0.1) is 11.6 Å². The van der Waals surface area contributed by atoms with Gasteiger partial charge in [-0.1, -0.05) is 23.2 Å². The maximum absolute atomic E-state index is 13.6. The van der Waals surface area contributed by atoms with Gasteiger partial charge in [0.2, 0.25) is 0 Å². The molecule has 112 valence electrons. The second-order valence-corrected chi connectivity index (χ2v) is 5.32. The van der Waals surface area contributed by atoms with E-state index < -0.39 is 11.6 Å². The molecule has 2 nitrogen and oxygen atoms in total. The normalized spacial score (nSPS) is 12.1. The largest absolute Gasteiger partial charge is 0.494 e. The third kappa shape index (κ3) is 3.57. The number of anilines is 1. The third-order valence-corrected chi connectivity index (χ3v) is 3.66. The van der Waals surface area contributed by atoms with E-state index in [2.05, 4.69) is 5.32 Å². The molecule has 0 aromatic heterocycles. The second kappa shape index (κ2) is 6.50. The van der Waals surface area contributed by atoms with E-state index in [9.17, 15) is 8.78 Å². The van der Waals surface area contributed by atoms with Crippen molar-refractivity contribution in [3.63, 3.8) is 0 Å². The number of nitrogens with one attached hydrogen (secondary N) is 1. The number of methoxy groups -OCH3 is 1. The standard InChI is InChI=1S/C15H13Cl2F2NO/c1-8(10-6-13(18)12(17)7-11(10)16)20-9-3-4-15(21-2)14(19)5-9/h3-8,20H,1-2H3. The van der Waals surface area contributed by atoms with E-state index in [1.807, 2.05) is 0 Å². The van der Waals surface area contributed by atoms with Gasteiger partial charge in [-0.15, -0.1) is 0 Å². The van der Waals surface area contributed by atoms with Crippen LogP contribution in [0.5, 0.6) is 5.75 Å². The third-order valence-electron chi connectivity index (χ3n) is 3.04. The molecule has 0 aliphatic rings. The molecule has 0 fully saturated rings. The molecule has 2 rings (SSSR count). The lowest BCUT2D eigenvalue weighted by molar-refractivity contribution is 0.386. The summed E-state index contributed by atoms with van der Waals surface area (Å²) in [6.45, 7) is 1.79. The summed E-state index contributed by atoms with van der Waals surface area (Å²) < 4.78 is 32.0. The lowest BCUT2D eigenvalue weighted by Crippen LogP contribution is -2.08. The first kappa shape index (κ1) is 15.9. The van der Waals surface area contributed by atoms with Crippen LogP contribution in [0.15, 0.2) is 30.3 Å². The zero-order valence-electron chi connectivity index (χ0n) is 11.4. The van der Waals surface area contributed by atoms with Crippen LogP contribution in [0.25, 0.3) is 0 Å². The van der Waals surface area contributed by atoms with Crippen LogP contribution in [0.4, 0.5) is 14.5 Å². The summed E-state index contributed by atoms with van der Waals surface area (Å²) in [5.41, 5.74) is 1.07. The van der Waals surface area contributed by atoms with Crippen molar-refractivity contribution in [3.8, 4) is 5.75 Å². The van der Waals surface area contributed by atoms with Gasteiger partial charge in [0.25, 0.3) is 0 Å². The molecule has 0 spiro atoms. The topological polar surface area (TPSA) is 21.3 Å². The van der Waals surface area contributed by atoms with Crippen LogP contribution in [0.1, 0.15) is 18.5 Å². The smallest absolute Gasteiger partial charge is 0.167 e. The highest BCUT2D eigenvalue weighted by Crippen LogP contribution is 2.31. The van der Waals surface area contributed by atoms with E-state index in [-0.39, 0.29) is 16.8 Å². The molecule has 1 unspecified atom stereocenters. The highest BCUT2D eigenvalue weighted by atomic mass is 35.5. The Bertz CT molecular complexity index is 664. The van der Waals surface area contributed by atoms with Gasteiger partial charge in [0.05, 0.1) is 18.2 Å². The summed E-state index contributed by atoms with van der Waals surface area (Å²) >= 11 is 11.7. The molecule has 0 heterocycles. The van der Waals surface area contributed by atoms with Gasteiger partial charge in [-0.3, -0.25) is 0 Å². The van der Waals surface area contributed by atoms with Crippen LogP contribution >= 0.6 is 23.2 Å². The summed E-state index contributed by atoms with van der Waals surface area (Å²) in [7, 11) is 1.39. The maximum Gasteiger partial charge on any atom is 0.167 e. The van der Waals surface area contributed by atoms with E-state index in [0.29, 0.717) is 16.3 Å². The lowest BCUT2D eigenvalue weighted by Gasteiger charge is -2.18. The minimum atomic E-state index is -0.550. The van der Waals surface area contributed by atoms with Gasteiger partial charge in [0.1, 0.15) is 5.82 Å². The molecule has 0 radical (unpaired) electrons. The van der Waals surface area contributed by atoms with Crippen LogP contribution < -0.4 is 10.1 Å². The number of rotatable bonds is 4. The minimum Gasteiger partial charge on any atom is -0.494 e. The Morgan fingerprint density at radius 3 is 2.38 bits per heavy atom. The quantitative estimate of drug-likeness (QED) is 0.752. The molecule has 0 amide bonds. The van der Waals surface area contributed by atoms with Gasteiger partial charge >= 0.3 is 0 Å². The number of hydrogen-bond acceptors (Lipinski definition) is 2. The minimum absolute atomic E-state index is 0.0357. The summed E-state index contributed by atoms with van der Waals surface area (Å²) in [5, 5.41) is 3.36. The molecule has 2 aromatic rings. The van der Waals surface area contributed by atoms with Crippen molar-refractivity contribution in [1.29, 1.82) is 0 Å². The SMILES string of the molecule is COc1ccc(NC(C)c2cc(F)c(Cl)cc2Cl)cc1F. The molecule has 0 saturated heterocycles. The van der Waals surface area contributed by atoms with Gasteiger partial charge in [-0.05, 0) is 36.8 Å². The highest BCUT2D eigenvalue weighted by molar-refractivity contribution is 6.35. The van der Waals surface area contributed by atoms with E-state index in [4.69, 9.17) is 27.9 Å². The first-order chi connectivity index (χ1) is 9.92. The number of ether oxygens (including phenoxy) is 1. The van der Waals surface area contributed by atoms with Gasteiger partial charge in [-0.2, -0.15) is 0 Å². The molecule has 1 atom stereocenters. The van der Waals surface area contributed by atoms with Crippen LogP contribution in [-0.4, -0.2) is 7.11 Å². The van der Waals surface area contributed by atoms with E-state index in [0.717, 1.165) is 0 Å². The summed E-state index contributed by atoms with van der Waals surface area (Å²) in [6, 6.07) is 6.77. The number of benzene rings is 2. The number of hydrogen-bond donors (Lipinski definition) is 1. The van der Waals surface area contributed by atoms with Crippen molar-refractivity contribution in [2.45, 2.75) is 13.0 Å². The van der Waals surface area contributed by atoms with Crippen LogP contribution in [0.3, 0.4) is 0 Å². The Morgan fingerprint density at radius 2 is 1.76 bits per heavy atom. The van der Waals surface area contributed by atoms with Crippen molar-refractivity contribution in [1.82, 2.24) is 0 Å². The van der Waals surface area contributed by atoms with Crippen molar-refractivity contribution < 1.29 is 13.5 Å². The first-order valence-electron chi connectivity index (χ1n) is 6.17. The van der Waals surface area contributed by atoms with Gasteiger partial charge in [0, 0.05) is 16.8 Å². The van der Waals surface area contributed by atoms with Crippen LogP contribution in [-0.2, 0) is 0 Å². The maximum atomic E-state index is 13.6. The molecule has 1 N–H and O–H groups in total. The Kier molecular flexibility index (Phi) is 4.91. The predicted octanol–water partition coefficient (Wildman–Crippen LogP) is 5.45. The lowest BCUT2D eigenvalue weighted by atomic mass is 10.1. The molecule has 2 aromatic carbocycles. The Labute approximate surface area is 131 Å². The molecule has 21 heavy (non-hydrogen) atoms. The molecule has 6 heteroatoms. The molecule has 0 aliphatic heterocycles. The van der Waals surface area contributed by atoms with E-state index in [1.165, 1.54) is 31.4 Å². The van der Waals surface area contributed by atoms with Gasteiger partial charge in [0.15, 0.2) is 11.6 Å². The summed E-state index contributed by atoms with van der Waals surface area (Å²) in [5.74, 6) is -0.877. The average molecular weight is 332 g/mol. The van der Waals surface area contributed by atoms with Crippen molar-refractivity contribution in [3.05, 3.63) is 57.6 Å². The summed E-state index contributed by atoms with van der Waals surface area (Å²) in [6.07, 6.45) is 0. The zero-order chi connectivity index (χ0) is 15.6. The average Bonchev–Trinajstić information content (AvgIpc) is 2.43. The fourth-order valence-electron chi connectivity index (χ4n) is 1.95. The Balaban J connectivity index is 2.23. The van der Waals surface area contributed by atoms with E-state index in [1.54, 1.807) is 13.0 Å². The Morgan fingerprint density at radius 1 is 1.05 bits per heavy atom. The van der Waals surface area contributed by atoms with Crippen molar-refractivity contribution in [2.75, 3.05) is 12.4 Å². The predicted molar refractivity (Wildman–Crippen MR) is 81.4 cm³/mol. The second-order valence-electron chi connectivity index (χ2n) is 4.50. The number of halogens is 4.